The van der Waals surface area contributed by atoms with E-state index < -0.39 is 0 Å². The van der Waals surface area contributed by atoms with E-state index in [2.05, 4.69) is 10.1 Å². The van der Waals surface area contributed by atoms with Crippen LogP contribution < -0.4 is 5.32 Å². The number of nitrogens with one attached hydrogen (secondary N) is 1. The van der Waals surface area contributed by atoms with Gasteiger partial charge in [0.2, 0.25) is 0 Å². The lowest BCUT2D eigenvalue weighted by Gasteiger charge is -2.13. The van der Waals surface area contributed by atoms with E-state index >= 15 is 0 Å². The van der Waals surface area contributed by atoms with Crippen molar-refractivity contribution in [2.45, 2.75) is 24.9 Å². The molecular formula is C9H15NO3. The summed E-state index contributed by atoms with van der Waals surface area (Å²) in [5.74, 6) is -0.150. The molecule has 1 N–H and O–H groups in total. The van der Waals surface area contributed by atoms with Crippen LogP contribution in [0, 0.1) is 5.41 Å². The Morgan fingerprint density at radius 3 is 2.92 bits per heavy atom. The fourth-order valence-corrected chi connectivity index (χ4v) is 2.32. The summed E-state index contributed by atoms with van der Waals surface area (Å²) in [6.45, 7) is 0.748. The quantitative estimate of drug-likeness (QED) is 0.625. The lowest BCUT2D eigenvalue weighted by molar-refractivity contribution is -0.143. The molecule has 4 nitrogen and oxygen atoms in total. The summed E-state index contributed by atoms with van der Waals surface area (Å²) in [4.78, 5) is 11.2. The van der Waals surface area contributed by atoms with Crippen molar-refractivity contribution in [2.75, 3.05) is 20.8 Å². The van der Waals surface area contributed by atoms with E-state index in [4.69, 9.17) is 4.74 Å². The normalized spacial score (nSPS) is 41.4. The zero-order chi connectivity index (χ0) is 9.47. The van der Waals surface area contributed by atoms with Gasteiger partial charge in [0.05, 0.1) is 13.7 Å². The second-order valence-corrected chi connectivity index (χ2v) is 4.00. The van der Waals surface area contributed by atoms with Gasteiger partial charge in [-0.05, 0) is 12.8 Å². The highest BCUT2D eigenvalue weighted by Gasteiger charge is 2.61. The van der Waals surface area contributed by atoms with Gasteiger partial charge in [0, 0.05) is 18.6 Å². The number of ether oxygens (including phenoxy) is 2. The van der Waals surface area contributed by atoms with Crippen molar-refractivity contribution in [1.29, 1.82) is 0 Å². The maximum absolute atomic E-state index is 11.2. The van der Waals surface area contributed by atoms with E-state index in [9.17, 15) is 4.79 Å². The molecule has 0 bridgehead atoms. The molecule has 0 amide bonds. The molecule has 3 atom stereocenters. The van der Waals surface area contributed by atoms with Crippen LogP contribution in [-0.4, -0.2) is 38.9 Å². The molecule has 4 heteroatoms. The largest absolute Gasteiger partial charge is 0.468 e. The summed E-state index contributed by atoms with van der Waals surface area (Å²) >= 11 is 0. The molecule has 74 valence electrons. The third-order valence-corrected chi connectivity index (χ3v) is 3.12. The van der Waals surface area contributed by atoms with Gasteiger partial charge in [-0.2, -0.15) is 0 Å². The van der Waals surface area contributed by atoms with Crippen LogP contribution in [0.5, 0.6) is 0 Å². The van der Waals surface area contributed by atoms with Gasteiger partial charge in [-0.15, -0.1) is 0 Å². The van der Waals surface area contributed by atoms with Crippen molar-refractivity contribution in [3.63, 3.8) is 0 Å². The summed E-state index contributed by atoms with van der Waals surface area (Å²) in [6.07, 6.45) is 1.99. The molecule has 0 aromatic carbocycles. The number of fused-ring (bicyclic) bond motifs is 1. The zero-order valence-corrected chi connectivity index (χ0v) is 8.00. The minimum Gasteiger partial charge on any atom is -0.468 e. The van der Waals surface area contributed by atoms with Crippen LogP contribution in [0.2, 0.25) is 0 Å². The van der Waals surface area contributed by atoms with Crippen LogP contribution in [0.3, 0.4) is 0 Å². The van der Waals surface area contributed by atoms with Gasteiger partial charge in [0.1, 0.15) is 6.04 Å². The van der Waals surface area contributed by atoms with Gasteiger partial charge in [0.25, 0.3) is 0 Å². The summed E-state index contributed by atoms with van der Waals surface area (Å²) in [6, 6.07) is 0.357. The zero-order valence-electron chi connectivity index (χ0n) is 8.00. The third-order valence-electron chi connectivity index (χ3n) is 3.12. The van der Waals surface area contributed by atoms with Crippen LogP contribution in [0.4, 0.5) is 0 Å². The molecule has 1 aliphatic heterocycles. The van der Waals surface area contributed by atoms with Crippen LogP contribution in [-0.2, 0) is 14.3 Å². The number of piperidine rings is 1. The Morgan fingerprint density at radius 2 is 2.31 bits per heavy atom. The van der Waals surface area contributed by atoms with E-state index in [0.717, 1.165) is 19.4 Å². The van der Waals surface area contributed by atoms with Gasteiger partial charge in [-0.25, -0.2) is 0 Å². The lowest BCUT2D eigenvalue weighted by Crippen LogP contribution is -2.34. The van der Waals surface area contributed by atoms with Gasteiger partial charge < -0.3 is 14.8 Å². The van der Waals surface area contributed by atoms with Crippen molar-refractivity contribution < 1.29 is 14.3 Å². The Hall–Kier alpha value is -0.610. The Morgan fingerprint density at radius 1 is 1.54 bits per heavy atom. The van der Waals surface area contributed by atoms with Gasteiger partial charge >= 0.3 is 5.97 Å². The second-order valence-electron chi connectivity index (χ2n) is 4.00. The molecule has 1 saturated carbocycles. The van der Waals surface area contributed by atoms with Gasteiger partial charge in [0.15, 0.2) is 0 Å². The summed E-state index contributed by atoms with van der Waals surface area (Å²) in [7, 11) is 3.13. The first-order valence-electron chi connectivity index (χ1n) is 4.55. The first-order valence-corrected chi connectivity index (χ1v) is 4.55. The Labute approximate surface area is 77.6 Å². The molecule has 2 rings (SSSR count). The average Bonchev–Trinajstić information content (AvgIpc) is 2.67. The molecule has 0 aromatic rings. The molecular weight excluding hydrogens is 170 g/mol. The van der Waals surface area contributed by atoms with E-state index in [-0.39, 0.29) is 17.4 Å². The van der Waals surface area contributed by atoms with Crippen molar-refractivity contribution in [1.82, 2.24) is 5.32 Å². The molecule has 1 saturated heterocycles. The number of esters is 1. The molecule has 13 heavy (non-hydrogen) atoms. The highest BCUT2D eigenvalue weighted by molar-refractivity contribution is 5.76. The molecule has 0 unspecified atom stereocenters. The lowest BCUT2D eigenvalue weighted by atomic mass is 10.0. The molecule has 1 heterocycles. The SMILES string of the molecule is COC[C@]12C[C@@H](C(=O)OC)N[C@H]1C2. The van der Waals surface area contributed by atoms with Crippen molar-refractivity contribution in [3.05, 3.63) is 0 Å². The first-order chi connectivity index (χ1) is 6.22. The summed E-state index contributed by atoms with van der Waals surface area (Å²) in [5.41, 5.74) is 0.230. The minimum atomic E-state index is -0.150. The number of hydrogen-bond donors (Lipinski definition) is 1. The molecule has 0 radical (unpaired) electrons. The van der Waals surface area contributed by atoms with Crippen LogP contribution in [0.1, 0.15) is 12.8 Å². The second kappa shape index (κ2) is 2.96. The van der Waals surface area contributed by atoms with Crippen LogP contribution >= 0.6 is 0 Å². The summed E-state index contributed by atoms with van der Waals surface area (Å²) < 4.78 is 9.82. The Kier molecular flexibility index (Phi) is 2.04. The number of carbonyl (C=O) groups excluding carboxylic acids is 1. The van der Waals surface area contributed by atoms with Crippen molar-refractivity contribution >= 4 is 5.97 Å². The first kappa shape index (κ1) is 8.97. The molecule has 2 fully saturated rings. The molecule has 1 aliphatic carbocycles. The highest BCUT2D eigenvalue weighted by Crippen LogP contribution is 2.54. The van der Waals surface area contributed by atoms with Crippen LogP contribution in [0.25, 0.3) is 0 Å². The fraction of sp³-hybridized carbons (Fsp3) is 0.889. The van der Waals surface area contributed by atoms with Crippen molar-refractivity contribution in [2.24, 2.45) is 5.41 Å². The van der Waals surface area contributed by atoms with Crippen LogP contribution in [0.15, 0.2) is 0 Å². The van der Waals surface area contributed by atoms with E-state index in [1.807, 2.05) is 0 Å². The topological polar surface area (TPSA) is 47.6 Å². The van der Waals surface area contributed by atoms with E-state index in [0.29, 0.717) is 6.04 Å². The predicted molar refractivity (Wildman–Crippen MR) is 46.3 cm³/mol. The number of carbonyl (C=O) groups is 1. The monoisotopic (exact) mass is 185 g/mol. The Balaban J connectivity index is 1.93. The molecule has 0 spiro atoms. The maximum Gasteiger partial charge on any atom is 0.322 e. The minimum absolute atomic E-state index is 0.112. The van der Waals surface area contributed by atoms with Gasteiger partial charge in [-0.3, -0.25) is 4.79 Å². The number of rotatable bonds is 3. The maximum atomic E-state index is 11.2. The third kappa shape index (κ3) is 1.34. The van der Waals surface area contributed by atoms with Crippen molar-refractivity contribution in [3.8, 4) is 0 Å². The Bertz CT molecular complexity index is 231. The van der Waals surface area contributed by atoms with Gasteiger partial charge in [-0.1, -0.05) is 0 Å². The average molecular weight is 185 g/mol. The highest BCUT2D eigenvalue weighted by atomic mass is 16.5. The molecule has 2 aliphatic rings. The molecule has 0 aromatic heterocycles. The fourth-order valence-electron chi connectivity index (χ4n) is 2.32. The number of hydrogen-bond acceptors (Lipinski definition) is 4. The smallest absolute Gasteiger partial charge is 0.322 e. The van der Waals surface area contributed by atoms with E-state index in [1.54, 1.807) is 7.11 Å². The summed E-state index contributed by atoms with van der Waals surface area (Å²) in [5, 5.41) is 3.25. The number of methoxy groups -OCH3 is 2. The predicted octanol–water partition coefficient (Wildman–Crippen LogP) is -0.0736. The standard InChI is InChI=1S/C9H15NO3/c1-12-5-9-3-6(8(11)13-2)10-7(9)4-9/h6-7,10H,3-5H2,1-2H3/t6-,7-,9+/m0/s1. The van der Waals surface area contributed by atoms with E-state index in [1.165, 1.54) is 7.11 Å².